The van der Waals surface area contributed by atoms with Crippen LogP contribution in [0.3, 0.4) is 0 Å². The highest BCUT2D eigenvalue weighted by Gasteiger charge is 2.14. The van der Waals surface area contributed by atoms with E-state index in [-0.39, 0.29) is 6.04 Å². The summed E-state index contributed by atoms with van der Waals surface area (Å²) in [4.78, 5) is 5.15. The Morgan fingerprint density at radius 1 is 1.53 bits per heavy atom. The number of benzene rings is 1. The van der Waals surface area contributed by atoms with Gasteiger partial charge in [0.1, 0.15) is 0 Å². The lowest BCUT2D eigenvalue weighted by molar-refractivity contribution is 0.560. The fourth-order valence-electron chi connectivity index (χ4n) is 1.55. The van der Waals surface area contributed by atoms with Crippen LogP contribution in [0.4, 0.5) is 0 Å². The lowest BCUT2D eigenvalue weighted by Crippen LogP contribution is -2.29. The Balaban J connectivity index is 2.19. The molecule has 0 aliphatic heterocycles. The first-order chi connectivity index (χ1) is 8.20. The Labute approximate surface area is 117 Å². The first-order valence-corrected chi connectivity index (χ1v) is 7.04. The van der Waals surface area contributed by atoms with Gasteiger partial charge in [0, 0.05) is 20.6 Å². The van der Waals surface area contributed by atoms with Gasteiger partial charge in [0.05, 0.1) is 11.6 Å². The van der Waals surface area contributed by atoms with Crippen molar-refractivity contribution in [3.8, 4) is 0 Å². The molecule has 6 heteroatoms. The van der Waals surface area contributed by atoms with Crippen LogP contribution in [0.2, 0.25) is 5.02 Å². The molecule has 0 saturated heterocycles. The van der Waals surface area contributed by atoms with Crippen molar-refractivity contribution in [2.45, 2.75) is 12.5 Å². The zero-order chi connectivity index (χ0) is 12.3. The quantitative estimate of drug-likeness (QED) is 0.667. The molecule has 90 valence electrons. The number of halogens is 2. The molecule has 0 saturated carbocycles. The molecular formula is C11H11BrClN3S. The van der Waals surface area contributed by atoms with E-state index < -0.39 is 0 Å². The summed E-state index contributed by atoms with van der Waals surface area (Å²) in [6.07, 6.45) is 2.56. The van der Waals surface area contributed by atoms with Crippen molar-refractivity contribution in [3.05, 3.63) is 49.8 Å². The van der Waals surface area contributed by atoms with Crippen LogP contribution >= 0.6 is 38.9 Å². The van der Waals surface area contributed by atoms with Gasteiger partial charge in [-0.2, -0.15) is 0 Å². The van der Waals surface area contributed by atoms with Crippen molar-refractivity contribution < 1.29 is 0 Å². The number of aromatic nitrogens is 1. The molecule has 0 radical (unpaired) electrons. The molecule has 1 atom stereocenters. The molecule has 1 unspecified atom stereocenters. The van der Waals surface area contributed by atoms with E-state index in [9.17, 15) is 0 Å². The van der Waals surface area contributed by atoms with Crippen LogP contribution in [-0.2, 0) is 6.42 Å². The van der Waals surface area contributed by atoms with Crippen molar-refractivity contribution in [2.75, 3.05) is 0 Å². The summed E-state index contributed by atoms with van der Waals surface area (Å²) in [7, 11) is 0. The maximum absolute atomic E-state index is 6.18. The van der Waals surface area contributed by atoms with Crippen LogP contribution in [0.5, 0.6) is 0 Å². The van der Waals surface area contributed by atoms with Gasteiger partial charge in [-0.25, -0.2) is 0 Å². The van der Waals surface area contributed by atoms with E-state index in [1.165, 1.54) is 0 Å². The summed E-state index contributed by atoms with van der Waals surface area (Å²) in [5, 5.41) is 0.740. The fraction of sp³-hybridized carbons (Fsp3) is 0.182. The number of hydrazine groups is 1. The van der Waals surface area contributed by atoms with Crippen molar-refractivity contribution in [1.82, 2.24) is 10.4 Å². The maximum Gasteiger partial charge on any atom is 0.0794 e. The average Bonchev–Trinajstić information content (AvgIpc) is 2.81. The second-order valence-corrected chi connectivity index (χ2v) is 5.80. The van der Waals surface area contributed by atoms with Crippen molar-refractivity contribution in [1.29, 1.82) is 0 Å². The van der Waals surface area contributed by atoms with E-state index in [0.717, 1.165) is 26.4 Å². The van der Waals surface area contributed by atoms with E-state index in [1.54, 1.807) is 16.8 Å². The van der Waals surface area contributed by atoms with Crippen LogP contribution in [0.15, 0.2) is 34.4 Å². The van der Waals surface area contributed by atoms with Gasteiger partial charge >= 0.3 is 0 Å². The summed E-state index contributed by atoms with van der Waals surface area (Å²) in [6, 6.07) is 5.90. The molecule has 1 aromatic carbocycles. The zero-order valence-electron chi connectivity index (χ0n) is 8.86. The highest BCUT2D eigenvalue weighted by Crippen LogP contribution is 2.27. The summed E-state index contributed by atoms with van der Waals surface area (Å²) in [5.74, 6) is 5.57. The highest BCUT2D eigenvalue weighted by molar-refractivity contribution is 9.10. The predicted octanol–water partition coefficient (Wildman–Crippen LogP) is 3.31. The minimum absolute atomic E-state index is 0.0428. The highest BCUT2D eigenvalue weighted by atomic mass is 79.9. The van der Waals surface area contributed by atoms with E-state index in [4.69, 9.17) is 17.4 Å². The monoisotopic (exact) mass is 331 g/mol. The second-order valence-electron chi connectivity index (χ2n) is 3.56. The molecule has 0 fully saturated rings. The fourth-order valence-corrected chi connectivity index (χ4v) is 2.98. The van der Waals surface area contributed by atoms with Gasteiger partial charge in [-0.3, -0.25) is 16.3 Å². The molecule has 0 bridgehead atoms. The molecule has 2 aromatic rings. The van der Waals surface area contributed by atoms with Gasteiger partial charge in [-0.05, 0) is 24.1 Å². The average molecular weight is 333 g/mol. The predicted molar refractivity (Wildman–Crippen MR) is 75.0 cm³/mol. The number of nitrogens with one attached hydrogen (secondary N) is 1. The summed E-state index contributed by atoms with van der Waals surface area (Å²) in [6.45, 7) is 0. The normalized spacial score (nSPS) is 12.6. The largest absolute Gasteiger partial charge is 0.271 e. The molecule has 0 aliphatic carbocycles. The first kappa shape index (κ1) is 13.0. The van der Waals surface area contributed by atoms with Gasteiger partial charge < -0.3 is 0 Å². The Bertz CT molecular complexity index is 489. The van der Waals surface area contributed by atoms with Crippen molar-refractivity contribution >= 4 is 38.9 Å². The number of rotatable bonds is 4. The molecule has 0 spiro atoms. The summed E-state index contributed by atoms with van der Waals surface area (Å²) in [5.41, 5.74) is 5.65. The number of nitrogens with zero attached hydrogens (tertiary/aromatic N) is 1. The maximum atomic E-state index is 6.18. The Kier molecular flexibility index (Phi) is 4.53. The molecule has 1 aromatic heterocycles. The molecule has 3 N–H and O–H groups in total. The third-order valence-corrected chi connectivity index (χ3v) is 4.17. The molecule has 1 heterocycles. The van der Waals surface area contributed by atoms with Gasteiger partial charge in [0.15, 0.2) is 0 Å². The van der Waals surface area contributed by atoms with Crippen molar-refractivity contribution in [2.24, 2.45) is 5.84 Å². The third kappa shape index (κ3) is 3.26. The third-order valence-electron chi connectivity index (χ3n) is 2.44. The minimum Gasteiger partial charge on any atom is -0.271 e. The van der Waals surface area contributed by atoms with Crippen LogP contribution in [0, 0.1) is 0 Å². The van der Waals surface area contributed by atoms with Gasteiger partial charge in [-0.15, -0.1) is 11.3 Å². The first-order valence-electron chi connectivity index (χ1n) is 4.99. The lowest BCUT2D eigenvalue weighted by Gasteiger charge is -2.14. The van der Waals surface area contributed by atoms with Crippen LogP contribution in [-0.4, -0.2) is 4.98 Å². The Morgan fingerprint density at radius 2 is 2.35 bits per heavy atom. The number of thiazole rings is 1. The standard InChI is InChI=1S/C11H11BrClN3S/c12-8-2-1-7(9(13)4-8)3-10(16-14)11-5-15-6-17-11/h1-2,4-6,10,16H,3,14H2. The van der Waals surface area contributed by atoms with Crippen molar-refractivity contribution in [3.63, 3.8) is 0 Å². The van der Waals surface area contributed by atoms with Crippen LogP contribution < -0.4 is 11.3 Å². The van der Waals surface area contributed by atoms with Crippen LogP contribution in [0.25, 0.3) is 0 Å². The Hall–Kier alpha value is -0.460. The number of nitrogens with two attached hydrogens (primary N) is 1. The van der Waals surface area contributed by atoms with Gasteiger partial charge in [-0.1, -0.05) is 33.6 Å². The van der Waals surface area contributed by atoms with Gasteiger partial charge in [0.25, 0.3) is 0 Å². The van der Waals surface area contributed by atoms with E-state index in [1.807, 2.05) is 24.4 Å². The summed E-state index contributed by atoms with van der Waals surface area (Å²) >= 11 is 11.1. The molecule has 0 amide bonds. The number of hydrogen-bond acceptors (Lipinski definition) is 4. The molecule has 0 aliphatic rings. The minimum atomic E-state index is 0.0428. The second kappa shape index (κ2) is 5.93. The van der Waals surface area contributed by atoms with Crippen LogP contribution in [0.1, 0.15) is 16.5 Å². The Morgan fingerprint density at radius 3 is 2.94 bits per heavy atom. The van der Waals surface area contributed by atoms with Gasteiger partial charge in [0.2, 0.25) is 0 Å². The van der Waals surface area contributed by atoms with E-state index in [2.05, 4.69) is 26.3 Å². The smallest absolute Gasteiger partial charge is 0.0794 e. The SMILES string of the molecule is NNC(Cc1ccc(Br)cc1Cl)c1cncs1. The lowest BCUT2D eigenvalue weighted by atomic mass is 10.1. The number of hydrogen-bond donors (Lipinski definition) is 2. The summed E-state index contributed by atoms with van der Waals surface area (Å²) < 4.78 is 0.973. The van der Waals surface area contributed by atoms with E-state index >= 15 is 0 Å². The zero-order valence-corrected chi connectivity index (χ0v) is 12.0. The molecule has 17 heavy (non-hydrogen) atoms. The topological polar surface area (TPSA) is 50.9 Å². The van der Waals surface area contributed by atoms with E-state index in [0.29, 0.717) is 0 Å². The molecular weight excluding hydrogens is 322 g/mol. The molecule has 3 nitrogen and oxygen atoms in total. The molecule has 2 rings (SSSR count).